The molecule has 0 bridgehead atoms. The molecule has 0 aliphatic heterocycles. The molecule has 0 saturated carbocycles. The minimum absolute atomic E-state index is 0.0606. The molecule has 4 nitrogen and oxygen atoms in total. The van der Waals surface area contributed by atoms with E-state index in [0.717, 1.165) is 0 Å². The van der Waals surface area contributed by atoms with Crippen molar-refractivity contribution in [2.24, 2.45) is 0 Å². The highest BCUT2D eigenvalue weighted by Gasteiger charge is 2.10. The van der Waals surface area contributed by atoms with Gasteiger partial charge in [0, 0.05) is 6.42 Å². The van der Waals surface area contributed by atoms with Crippen LogP contribution in [-0.4, -0.2) is 28.6 Å². The second-order valence-corrected chi connectivity index (χ2v) is 2.79. The highest BCUT2D eigenvalue weighted by molar-refractivity contribution is 7.81. The molecular formula is C4H8F2O4S. The van der Waals surface area contributed by atoms with E-state index in [2.05, 4.69) is 8.37 Å². The van der Waals surface area contributed by atoms with Crippen molar-refractivity contribution >= 4 is 10.4 Å². The van der Waals surface area contributed by atoms with Gasteiger partial charge in [-0.3, -0.25) is 4.39 Å². The van der Waals surface area contributed by atoms with E-state index < -0.39 is 23.9 Å². The molecule has 11 heavy (non-hydrogen) atoms. The molecule has 7 heteroatoms. The Hall–Kier alpha value is -0.270. The van der Waals surface area contributed by atoms with Crippen molar-refractivity contribution in [1.29, 1.82) is 0 Å². The van der Waals surface area contributed by atoms with E-state index >= 15 is 0 Å². The summed E-state index contributed by atoms with van der Waals surface area (Å²) in [6.07, 6.45) is -0.0606. The Morgan fingerprint density at radius 1 is 1.18 bits per heavy atom. The number of rotatable bonds is 6. The van der Waals surface area contributed by atoms with E-state index in [1.807, 2.05) is 0 Å². The Labute approximate surface area is 63.4 Å². The fourth-order valence-electron chi connectivity index (χ4n) is 0.304. The lowest BCUT2D eigenvalue weighted by molar-refractivity contribution is 0.150. The van der Waals surface area contributed by atoms with E-state index in [4.69, 9.17) is 0 Å². The average Bonchev–Trinajstić information content (AvgIpc) is 1.87. The fourth-order valence-corrected chi connectivity index (χ4v) is 0.803. The summed E-state index contributed by atoms with van der Waals surface area (Å²) in [7, 11) is -4.25. The second-order valence-electron chi connectivity index (χ2n) is 1.50. The van der Waals surface area contributed by atoms with Crippen molar-refractivity contribution in [2.75, 3.05) is 20.1 Å². The van der Waals surface area contributed by atoms with Crippen LogP contribution in [0.4, 0.5) is 8.78 Å². The van der Waals surface area contributed by atoms with Gasteiger partial charge in [-0.2, -0.15) is 8.42 Å². The third-order valence-corrected chi connectivity index (χ3v) is 1.53. The molecule has 0 spiro atoms. The predicted molar refractivity (Wildman–Crippen MR) is 32.5 cm³/mol. The number of hydrogen-bond donors (Lipinski definition) is 0. The molecule has 0 unspecified atom stereocenters. The first-order valence-electron chi connectivity index (χ1n) is 2.78. The van der Waals surface area contributed by atoms with E-state index in [9.17, 15) is 17.2 Å². The molecule has 0 aromatic heterocycles. The molecule has 0 atom stereocenters. The standard InChI is InChI=1S/C4H8F2O4S/c5-2-1-3-9-11(7,8)10-4-6/h1-4H2. The van der Waals surface area contributed by atoms with Crippen LogP contribution in [0.2, 0.25) is 0 Å². The van der Waals surface area contributed by atoms with Crippen LogP contribution in [0.3, 0.4) is 0 Å². The molecular weight excluding hydrogens is 182 g/mol. The maximum Gasteiger partial charge on any atom is 0.402 e. The zero-order chi connectivity index (χ0) is 8.74. The van der Waals surface area contributed by atoms with E-state index in [1.165, 1.54) is 0 Å². The minimum atomic E-state index is -4.25. The first-order chi connectivity index (χ1) is 5.12. The Morgan fingerprint density at radius 2 is 1.82 bits per heavy atom. The van der Waals surface area contributed by atoms with Crippen molar-refractivity contribution in [3.63, 3.8) is 0 Å². The molecule has 0 aliphatic rings. The minimum Gasteiger partial charge on any atom is -0.251 e. The van der Waals surface area contributed by atoms with Crippen LogP contribution in [0.25, 0.3) is 0 Å². The zero-order valence-electron chi connectivity index (χ0n) is 5.63. The zero-order valence-corrected chi connectivity index (χ0v) is 6.44. The summed E-state index contributed by atoms with van der Waals surface area (Å²) in [4.78, 5) is 0. The van der Waals surface area contributed by atoms with E-state index in [-0.39, 0.29) is 13.0 Å². The molecule has 0 radical (unpaired) electrons. The van der Waals surface area contributed by atoms with Gasteiger partial charge in [0.1, 0.15) is 0 Å². The summed E-state index contributed by atoms with van der Waals surface area (Å²) in [5.41, 5.74) is 0. The Balaban J connectivity index is 3.56. The Kier molecular flexibility index (Phi) is 5.26. The summed E-state index contributed by atoms with van der Waals surface area (Å²) >= 11 is 0. The highest BCUT2D eigenvalue weighted by Crippen LogP contribution is 1.97. The molecule has 68 valence electrons. The molecule has 0 N–H and O–H groups in total. The van der Waals surface area contributed by atoms with Gasteiger partial charge in [0.25, 0.3) is 0 Å². The molecule has 0 aromatic rings. The van der Waals surface area contributed by atoms with E-state index in [1.54, 1.807) is 0 Å². The van der Waals surface area contributed by atoms with Crippen LogP contribution < -0.4 is 0 Å². The maximum absolute atomic E-state index is 11.4. The summed E-state index contributed by atoms with van der Waals surface area (Å²) in [5, 5.41) is 0. The van der Waals surface area contributed by atoms with Gasteiger partial charge in [0.05, 0.1) is 13.3 Å². The van der Waals surface area contributed by atoms with Gasteiger partial charge in [0.15, 0.2) is 0 Å². The summed E-state index contributed by atoms with van der Waals surface area (Å²) < 4.78 is 50.7. The van der Waals surface area contributed by atoms with Crippen LogP contribution in [0.1, 0.15) is 6.42 Å². The van der Waals surface area contributed by atoms with Gasteiger partial charge in [-0.1, -0.05) is 0 Å². The van der Waals surface area contributed by atoms with Crippen molar-refractivity contribution < 1.29 is 25.6 Å². The van der Waals surface area contributed by atoms with Gasteiger partial charge in [-0.25, -0.2) is 12.8 Å². The monoisotopic (exact) mass is 190 g/mol. The van der Waals surface area contributed by atoms with Crippen LogP contribution in [0.15, 0.2) is 0 Å². The van der Waals surface area contributed by atoms with Gasteiger partial charge in [-0.05, 0) is 0 Å². The Bertz CT molecular complexity index is 179. The molecule has 0 saturated heterocycles. The first-order valence-corrected chi connectivity index (χ1v) is 4.11. The van der Waals surface area contributed by atoms with Crippen molar-refractivity contribution in [2.45, 2.75) is 6.42 Å². The normalized spacial score (nSPS) is 11.8. The molecule has 0 fully saturated rings. The summed E-state index contributed by atoms with van der Waals surface area (Å²) in [5.74, 6) is 0. The van der Waals surface area contributed by atoms with Gasteiger partial charge in [0.2, 0.25) is 6.86 Å². The number of halogens is 2. The van der Waals surface area contributed by atoms with E-state index in [0.29, 0.717) is 0 Å². The molecule has 0 rings (SSSR count). The summed E-state index contributed by atoms with van der Waals surface area (Å²) in [6, 6.07) is 0. The second kappa shape index (κ2) is 5.39. The molecule has 0 aliphatic carbocycles. The first kappa shape index (κ1) is 10.7. The van der Waals surface area contributed by atoms with Crippen molar-refractivity contribution in [1.82, 2.24) is 0 Å². The lowest BCUT2D eigenvalue weighted by Gasteiger charge is -2.00. The van der Waals surface area contributed by atoms with Gasteiger partial charge < -0.3 is 0 Å². The maximum atomic E-state index is 11.4. The Morgan fingerprint density at radius 3 is 2.27 bits per heavy atom. The van der Waals surface area contributed by atoms with Crippen LogP contribution in [0.5, 0.6) is 0 Å². The lowest BCUT2D eigenvalue weighted by Crippen LogP contribution is -2.10. The van der Waals surface area contributed by atoms with Crippen LogP contribution in [-0.2, 0) is 18.8 Å². The highest BCUT2D eigenvalue weighted by atomic mass is 32.3. The van der Waals surface area contributed by atoms with Crippen LogP contribution >= 0.6 is 0 Å². The molecule has 0 heterocycles. The van der Waals surface area contributed by atoms with Gasteiger partial charge >= 0.3 is 10.4 Å². The van der Waals surface area contributed by atoms with Crippen molar-refractivity contribution in [3.8, 4) is 0 Å². The third-order valence-electron chi connectivity index (χ3n) is 0.695. The average molecular weight is 190 g/mol. The SMILES string of the molecule is O=S(=O)(OCF)OCCCF. The topological polar surface area (TPSA) is 52.6 Å². The third kappa shape index (κ3) is 6.14. The summed E-state index contributed by atoms with van der Waals surface area (Å²) in [6.45, 7) is -2.50. The predicted octanol–water partition coefficient (Wildman–Crippen LogP) is 0.551. The quantitative estimate of drug-likeness (QED) is 0.574. The molecule has 0 amide bonds. The largest absolute Gasteiger partial charge is 0.402 e. The smallest absolute Gasteiger partial charge is 0.251 e. The van der Waals surface area contributed by atoms with Gasteiger partial charge in [-0.15, -0.1) is 0 Å². The number of hydrogen-bond acceptors (Lipinski definition) is 4. The molecule has 0 aromatic carbocycles. The van der Waals surface area contributed by atoms with Crippen molar-refractivity contribution in [3.05, 3.63) is 0 Å². The van der Waals surface area contributed by atoms with Crippen LogP contribution in [0, 0.1) is 0 Å². The fraction of sp³-hybridized carbons (Fsp3) is 1.00. The number of alkyl halides is 2. The lowest BCUT2D eigenvalue weighted by atomic mass is 10.5.